The first-order valence-electron chi connectivity index (χ1n) is 10.9. The molecule has 4 rings (SSSR count). The summed E-state index contributed by atoms with van der Waals surface area (Å²) in [6, 6.07) is 13.2. The second-order valence-electron chi connectivity index (χ2n) is 8.15. The fourth-order valence-corrected chi connectivity index (χ4v) is 3.83. The van der Waals surface area contributed by atoms with Crippen LogP contribution in [0.2, 0.25) is 0 Å². The highest BCUT2D eigenvalue weighted by atomic mass is 19.3. The first-order valence-corrected chi connectivity index (χ1v) is 10.9. The largest absolute Gasteiger partial charge is 0.497 e. The molecule has 10 heteroatoms. The molecule has 1 N–H and O–H groups in total. The van der Waals surface area contributed by atoms with Crippen LogP contribution in [0.1, 0.15) is 25.5 Å². The molecule has 0 unspecified atom stereocenters. The van der Waals surface area contributed by atoms with Crippen molar-refractivity contribution in [2.24, 2.45) is 0 Å². The van der Waals surface area contributed by atoms with Crippen LogP contribution < -0.4 is 14.8 Å². The van der Waals surface area contributed by atoms with E-state index < -0.39 is 23.9 Å². The Kier molecular flexibility index (Phi) is 6.63. The number of pyridine rings is 2. The number of alkyl halides is 2. The van der Waals surface area contributed by atoms with Crippen molar-refractivity contribution in [1.29, 1.82) is 0 Å². The third-order valence-corrected chi connectivity index (χ3v) is 5.65. The van der Waals surface area contributed by atoms with Crippen LogP contribution in [0.3, 0.4) is 0 Å². The molecule has 8 nitrogen and oxygen atoms in total. The van der Waals surface area contributed by atoms with Crippen LogP contribution in [-0.4, -0.2) is 51.8 Å². The van der Waals surface area contributed by atoms with Crippen molar-refractivity contribution < 1.29 is 23.0 Å². The van der Waals surface area contributed by atoms with Gasteiger partial charge in [0.25, 0.3) is 5.91 Å². The number of aromatic nitrogens is 4. The highest BCUT2D eigenvalue weighted by molar-refractivity contribution is 5.83. The summed E-state index contributed by atoms with van der Waals surface area (Å²) in [6.07, 6.45) is 3.27. The Morgan fingerprint density at radius 2 is 1.77 bits per heavy atom. The van der Waals surface area contributed by atoms with Crippen LogP contribution >= 0.6 is 0 Å². The van der Waals surface area contributed by atoms with Crippen LogP contribution in [0.4, 0.5) is 8.78 Å². The van der Waals surface area contributed by atoms with Gasteiger partial charge in [0.2, 0.25) is 5.88 Å². The molecule has 0 radical (unpaired) electrons. The van der Waals surface area contributed by atoms with Crippen LogP contribution in [0, 0.1) is 0 Å². The van der Waals surface area contributed by atoms with Crippen molar-refractivity contribution in [3.05, 3.63) is 66.5 Å². The van der Waals surface area contributed by atoms with Gasteiger partial charge in [0.1, 0.15) is 11.3 Å². The summed E-state index contributed by atoms with van der Waals surface area (Å²) in [6.45, 7) is 2.23. The minimum absolute atomic E-state index is 0.499. The summed E-state index contributed by atoms with van der Waals surface area (Å²) in [4.78, 5) is 21.0. The number of nitrogens with one attached hydrogen (secondary N) is 1. The van der Waals surface area contributed by atoms with Gasteiger partial charge in [0.05, 0.1) is 43.7 Å². The quantitative estimate of drug-likeness (QED) is 0.404. The van der Waals surface area contributed by atoms with Gasteiger partial charge < -0.3 is 14.8 Å². The predicted octanol–water partition coefficient (Wildman–Crippen LogP) is 4.26. The van der Waals surface area contributed by atoms with E-state index in [1.165, 1.54) is 0 Å². The number of carbonyl (C=O) groups excluding carboxylic acids is 1. The fourth-order valence-electron chi connectivity index (χ4n) is 3.83. The van der Waals surface area contributed by atoms with Gasteiger partial charge in [0, 0.05) is 24.8 Å². The molecule has 0 spiro atoms. The van der Waals surface area contributed by atoms with Crippen molar-refractivity contribution in [3.63, 3.8) is 0 Å². The van der Waals surface area contributed by atoms with Crippen LogP contribution in [-0.2, 0) is 4.79 Å². The molecule has 0 bridgehead atoms. The molecule has 3 heterocycles. The van der Waals surface area contributed by atoms with E-state index in [4.69, 9.17) is 14.5 Å². The Morgan fingerprint density at radius 3 is 2.37 bits per heavy atom. The van der Waals surface area contributed by atoms with Gasteiger partial charge in [-0.15, -0.1) is 0 Å². The van der Waals surface area contributed by atoms with Crippen molar-refractivity contribution in [2.45, 2.75) is 31.9 Å². The SMILES string of the molecule is COc1ccc([C@H]([C@H](C)NC(=O)C(C)(F)F)n2ncc3nc(-c4ccc(OC)nc4)ccc32)cc1. The predicted molar refractivity (Wildman–Crippen MR) is 127 cm³/mol. The minimum Gasteiger partial charge on any atom is -0.497 e. The number of rotatable bonds is 8. The summed E-state index contributed by atoms with van der Waals surface area (Å²) in [5.41, 5.74) is 3.54. The average Bonchev–Trinajstić information content (AvgIpc) is 3.27. The van der Waals surface area contributed by atoms with Crippen LogP contribution in [0.25, 0.3) is 22.3 Å². The summed E-state index contributed by atoms with van der Waals surface area (Å²) in [7, 11) is 3.10. The number of hydrogen-bond acceptors (Lipinski definition) is 6. The molecule has 0 aliphatic heterocycles. The number of hydrogen-bond donors (Lipinski definition) is 1. The van der Waals surface area contributed by atoms with Crippen LogP contribution in [0.15, 0.2) is 60.9 Å². The zero-order valence-electron chi connectivity index (χ0n) is 19.7. The maximum absolute atomic E-state index is 13.6. The Hall–Kier alpha value is -4.08. The summed E-state index contributed by atoms with van der Waals surface area (Å²) >= 11 is 0. The number of fused-ring (bicyclic) bond motifs is 1. The van der Waals surface area contributed by atoms with Gasteiger partial charge in [-0.05, 0) is 42.8 Å². The maximum atomic E-state index is 13.6. The van der Waals surface area contributed by atoms with Gasteiger partial charge in [-0.25, -0.2) is 9.97 Å². The molecule has 1 amide bonds. The summed E-state index contributed by atoms with van der Waals surface area (Å²) in [5, 5.41) is 6.94. The van der Waals surface area contributed by atoms with Crippen molar-refractivity contribution in [2.75, 3.05) is 14.2 Å². The summed E-state index contributed by atoms with van der Waals surface area (Å²) in [5.74, 6) is -3.71. The second kappa shape index (κ2) is 9.65. The molecular weight excluding hydrogens is 456 g/mol. The monoisotopic (exact) mass is 481 g/mol. The number of benzene rings is 1. The number of ether oxygens (including phenoxy) is 2. The van der Waals surface area contributed by atoms with Crippen molar-refractivity contribution in [3.8, 4) is 22.9 Å². The lowest BCUT2D eigenvalue weighted by Crippen LogP contribution is -2.46. The van der Waals surface area contributed by atoms with Gasteiger partial charge in [-0.3, -0.25) is 9.48 Å². The molecule has 35 heavy (non-hydrogen) atoms. The standard InChI is InChI=1S/C25H25F2N5O3/c1-15(30-24(33)25(2,26)27)23(16-5-8-18(34-3)9-6-16)32-21-11-10-19(31-20(21)14-29-32)17-7-12-22(35-4)28-13-17/h5-15,23H,1-4H3,(H,30,33)/t15-,23-/m0/s1. The van der Waals surface area contributed by atoms with Gasteiger partial charge in [-0.2, -0.15) is 13.9 Å². The number of nitrogens with zero attached hydrogens (tertiary/aromatic N) is 4. The third-order valence-electron chi connectivity index (χ3n) is 5.65. The molecule has 0 aliphatic rings. The van der Waals surface area contributed by atoms with Gasteiger partial charge >= 0.3 is 5.92 Å². The molecule has 0 saturated carbocycles. The summed E-state index contributed by atoms with van der Waals surface area (Å²) < 4.78 is 39.2. The van der Waals surface area contributed by atoms with E-state index in [1.807, 2.05) is 30.3 Å². The molecule has 0 fully saturated rings. The lowest BCUT2D eigenvalue weighted by Gasteiger charge is -2.27. The van der Waals surface area contributed by atoms with Crippen molar-refractivity contribution in [1.82, 2.24) is 25.1 Å². The zero-order chi connectivity index (χ0) is 25.2. The highest BCUT2D eigenvalue weighted by Crippen LogP contribution is 2.29. The van der Waals surface area contributed by atoms with E-state index in [9.17, 15) is 13.6 Å². The maximum Gasteiger partial charge on any atom is 0.321 e. The molecule has 182 valence electrons. The van der Waals surface area contributed by atoms with E-state index in [-0.39, 0.29) is 0 Å². The third kappa shape index (κ3) is 5.06. The van der Waals surface area contributed by atoms with Crippen molar-refractivity contribution >= 4 is 16.9 Å². The fraction of sp³-hybridized carbons (Fsp3) is 0.280. The Balaban J connectivity index is 1.74. The van der Waals surface area contributed by atoms with Gasteiger partial charge in [-0.1, -0.05) is 12.1 Å². The first-order chi connectivity index (χ1) is 16.7. The molecule has 1 aromatic carbocycles. The normalized spacial score (nSPS) is 13.3. The van der Waals surface area contributed by atoms with E-state index >= 15 is 0 Å². The molecule has 0 saturated heterocycles. The van der Waals surface area contributed by atoms with E-state index in [1.54, 1.807) is 56.4 Å². The molecule has 4 aromatic rings. The molecule has 3 aromatic heterocycles. The molecule has 2 atom stereocenters. The number of amides is 1. The molecule has 0 aliphatic carbocycles. The van der Waals surface area contributed by atoms with Crippen LogP contribution in [0.5, 0.6) is 11.6 Å². The second-order valence-corrected chi connectivity index (χ2v) is 8.15. The Labute approximate surface area is 200 Å². The number of methoxy groups -OCH3 is 2. The number of halogens is 2. The first kappa shape index (κ1) is 24.1. The van der Waals surface area contributed by atoms with E-state index in [0.717, 1.165) is 11.1 Å². The lowest BCUT2D eigenvalue weighted by atomic mass is 9.99. The minimum atomic E-state index is -3.51. The molecular formula is C25H25F2N5O3. The Bertz CT molecular complexity index is 1320. The van der Waals surface area contributed by atoms with E-state index in [0.29, 0.717) is 35.3 Å². The number of carbonyl (C=O) groups is 1. The average molecular weight is 482 g/mol. The van der Waals surface area contributed by atoms with Gasteiger partial charge in [0.15, 0.2) is 0 Å². The lowest BCUT2D eigenvalue weighted by molar-refractivity contribution is -0.143. The van der Waals surface area contributed by atoms with E-state index in [2.05, 4.69) is 15.4 Å². The smallest absolute Gasteiger partial charge is 0.321 e. The zero-order valence-corrected chi connectivity index (χ0v) is 19.7. The topological polar surface area (TPSA) is 91.2 Å². The highest BCUT2D eigenvalue weighted by Gasteiger charge is 2.35. The Morgan fingerprint density at radius 1 is 1.03 bits per heavy atom.